The number of nitrogens with zero attached hydrogens (tertiary/aromatic N) is 2. The lowest BCUT2D eigenvalue weighted by molar-refractivity contribution is 0.535. The van der Waals surface area contributed by atoms with Gasteiger partial charge in [-0.2, -0.15) is 23.5 Å². The van der Waals surface area contributed by atoms with Crippen molar-refractivity contribution in [3.8, 4) is 0 Å². The molecule has 0 bridgehead atoms. The maximum absolute atomic E-state index is 4.43. The van der Waals surface area contributed by atoms with E-state index in [2.05, 4.69) is 34.0 Å². The Labute approximate surface area is 105 Å². The van der Waals surface area contributed by atoms with Gasteiger partial charge >= 0.3 is 0 Å². The molecule has 3 nitrogen and oxygen atoms in total. The van der Waals surface area contributed by atoms with Crippen LogP contribution in [0.3, 0.4) is 0 Å². The fourth-order valence-electron chi connectivity index (χ4n) is 1.82. The van der Waals surface area contributed by atoms with Crippen LogP contribution in [0.1, 0.15) is 18.7 Å². The molecule has 16 heavy (non-hydrogen) atoms. The minimum atomic E-state index is 0.344. The highest BCUT2D eigenvalue weighted by Gasteiger charge is 2.26. The molecule has 1 aliphatic heterocycles. The Morgan fingerprint density at radius 1 is 1.50 bits per heavy atom. The lowest BCUT2D eigenvalue weighted by atomic mass is 10.1. The summed E-state index contributed by atoms with van der Waals surface area (Å²) in [4.78, 5) is 8.59. The number of aromatic nitrogens is 2. The van der Waals surface area contributed by atoms with E-state index in [1.807, 2.05) is 18.0 Å². The van der Waals surface area contributed by atoms with Crippen molar-refractivity contribution >= 4 is 23.5 Å². The van der Waals surface area contributed by atoms with E-state index in [9.17, 15) is 0 Å². The zero-order chi connectivity index (χ0) is 11.2. The summed E-state index contributed by atoms with van der Waals surface area (Å²) in [5.74, 6) is 3.73. The summed E-state index contributed by atoms with van der Waals surface area (Å²) < 4.78 is 0. The van der Waals surface area contributed by atoms with Crippen molar-refractivity contribution in [2.24, 2.45) is 0 Å². The first-order valence-corrected chi connectivity index (χ1v) is 7.80. The molecule has 0 spiro atoms. The van der Waals surface area contributed by atoms with Gasteiger partial charge in [-0.25, -0.2) is 0 Å². The third-order valence-electron chi connectivity index (χ3n) is 2.54. The summed E-state index contributed by atoms with van der Waals surface area (Å²) in [6, 6.07) is 0.344. The normalized spacial score (nSPS) is 22.9. The molecule has 2 unspecified atom stereocenters. The summed E-state index contributed by atoms with van der Waals surface area (Å²) in [6.07, 6.45) is 5.39. The quantitative estimate of drug-likeness (QED) is 0.890. The average molecular weight is 255 g/mol. The van der Waals surface area contributed by atoms with Crippen LogP contribution in [0.25, 0.3) is 0 Å². The van der Waals surface area contributed by atoms with Crippen LogP contribution in [0.4, 0.5) is 0 Å². The molecule has 0 saturated carbocycles. The Hall–Kier alpha value is -0.260. The Kier molecular flexibility index (Phi) is 4.93. The van der Waals surface area contributed by atoms with Gasteiger partial charge in [0.05, 0.1) is 17.9 Å². The largest absolute Gasteiger partial charge is 0.308 e. The monoisotopic (exact) mass is 255 g/mol. The predicted octanol–water partition coefficient (Wildman–Crippen LogP) is 1.98. The first-order valence-electron chi connectivity index (χ1n) is 5.60. The predicted molar refractivity (Wildman–Crippen MR) is 72.0 cm³/mol. The smallest absolute Gasteiger partial charge is 0.0767 e. The molecule has 0 aromatic carbocycles. The molecule has 1 saturated heterocycles. The molecule has 2 atom stereocenters. The zero-order valence-corrected chi connectivity index (χ0v) is 11.1. The number of rotatable bonds is 4. The van der Waals surface area contributed by atoms with Crippen LogP contribution in [0.15, 0.2) is 18.6 Å². The summed E-state index contributed by atoms with van der Waals surface area (Å²) in [6.45, 7) is 3.12. The van der Waals surface area contributed by atoms with E-state index in [0.717, 1.165) is 12.2 Å². The highest BCUT2D eigenvalue weighted by molar-refractivity contribution is 8.06. The summed E-state index contributed by atoms with van der Waals surface area (Å²) >= 11 is 4.10. The van der Waals surface area contributed by atoms with E-state index in [-0.39, 0.29) is 0 Å². The Morgan fingerprint density at radius 3 is 3.06 bits per heavy atom. The number of hydrogen-bond acceptors (Lipinski definition) is 5. The molecule has 0 radical (unpaired) electrons. The van der Waals surface area contributed by atoms with Crippen LogP contribution in [0, 0.1) is 0 Å². The highest BCUT2D eigenvalue weighted by Crippen LogP contribution is 2.32. The first-order chi connectivity index (χ1) is 7.92. The SMILES string of the molecule is CCNC(c1cnccn1)C1CSCCS1. The van der Waals surface area contributed by atoms with Crippen molar-refractivity contribution in [1.82, 2.24) is 15.3 Å². The van der Waals surface area contributed by atoms with Gasteiger partial charge in [0.25, 0.3) is 0 Å². The van der Waals surface area contributed by atoms with Crippen LogP contribution in [-0.2, 0) is 0 Å². The molecule has 5 heteroatoms. The highest BCUT2D eigenvalue weighted by atomic mass is 32.2. The minimum absolute atomic E-state index is 0.344. The van der Waals surface area contributed by atoms with Gasteiger partial charge in [0.15, 0.2) is 0 Å². The molecule has 1 aromatic rings. The van der Waals surface area contributed by atoms with Crippen LogP contribution in [0.5, 0.6) is 0 Å². The van der Waals surface area contributed by atoms with Crippen molar-refractivity contribution in [3.05, 3.63) is 24.3 Å². The standard InChI is InChI=1S/C11H17N3S2/c1-2-13-11(9-7-12-3-4-14-9)10-8-15-5-6-16-10/h3-4,7,10-11,13H,2,5-6,8H2,1H3. The Morgan fingerprint density at radius 2 is 2.44 bits per heavy atom. The maximum atomic E-state index is 4.43. The average Bonchev–Trinajstić information content (AvgIpc) is 2.38. The molecule has 0 aliphatic carbocycles. The lowest BCUT2D eigenvalue weighted by Gasteiger charge is -2.29. The summed E-state index contributed by atoms with van der Waals surface area (Å²) in [5.41, 5.74) is 1.07. The zero-order valence-electron chi connectivity index (χ0n) is 9.43. The molecule has 1 aromatic heterocycles. The van der Waals surface area contributed by atoms with E-state index in [0.29, 0.717) is 11.3 Å². The number of hydrogen-bond donors (Lipinski definition) is 1. The molecule has 0 amide bonds. The van der Waals surface area contributed by atoms with Gasteiger partial charge < -0.3 is 5.32 Å². The topological polar surface area (TPSA) is 37.8 Å². The van der Waals surface area contributed by atoms with Gasteiger partial charge in [-0.05, 0) is 6.54 Å². The van der Waals surface area contributed by atoms with Crippen LogP contribution in [0.2, 0.25) is 0 Å². The van der Waals surface area contributed by atoms with Crippen LogP contribution >= 0.6 is 23.5 Å². The molecule has 1 aliphatic rings. The molecule has 2 heterocycles. The molecular formula is C11H17N3S2. The van der Waals surface area contributed by atoms with E-state index < -0.39 is 0 Å². The second kappa shape index (κ2) is 6.47. The van der Waals surface area contributed by atoms with Crippen molar-refractivity contribution in [1.29, 1.82) is 0 Å². The van der Waals surface area contributed by atoms with Gasteiger partial charge in [0, 0.05) is 34.9 Å². The number of thioether (sulfide) groups is 2. The van der Waals surface area contributed by atoms with Gasteiger partial charge in [-0.1, -0.05) is 6.92 Å². The van der Waals surface area contributed by atoms with Crippen LogP contribution < -0.4 is 5.32 Å². The molecular weight excluding hydrogens is 238 g/mol. The van der Waals surface area contributed by atoms with Gasteiger partial charge in [-0.15, -0.1) is 0 Å². The van der Waals surface area contributed by atoms with Gasteiger partial charge in [0.1, 0.15) is 0 Å². The van der Waals surface area contributed by atoms with Crippen LogP contribution in [-0.4, -0.2) is 39.0 Å². The Bertz CT molecular complexity index is 301. The summed E-state index contributed by atoms with van der Waals surface area (Å²) in [7, 11) is 0. The molecule has 1 N–H and O–H groups in total. The van der Waals surface area contributed by atoms with Crippen molar-refractivity contribution < 1.29 is 0 Å². The van der Waals surface area contributed by atoms with Crippen molar-refractivity contribution in [2.75, 3.05) is 23.8 Å². The first kappa shape index (κ1) is 12.2. The molecule has 1 fully saturated rings. The molecule has 88 valence electrons. The van der Waals surface area contributed by atoms with E-state index in [1.165, 1.54) is 17.3 Å². The second-order valence-electron chi connectivity index (χ2n) is 3.65. The second-order valence-corrected chi connectivity index (χ2v) is 6.15. The lowest BCUT2D eigenvalue weighted by Crippen LogP contribution is -2.34. The fraction of sp³-hybridized carbons (Fsp3) is 0.636. The minimum Gasteiger partial charge on any atom is -0.308 e. The van der Waals surface area contributed by atoms with E-state index >= 15 is 0 Å². The third-order valence-corrected chi connectivity index (χ3v) is 5.40. The number of nitrogens with one attached hydrogen (secondary N) is 1. The third kappa shape index (κ3) is 3.12. The summed E-state index contributed by atoms with van der Waals surface area (Å²) in [5, 5.41) is 4.15. The van der Waals surface area contributed by atoms with Gasteiger partial charge in [-0.3, -0.25) is 9.97 Å². The van der Waals surface area contributed by atoms with E-state index in [4.69, 9.17) is 0 Å². The van der Waals surface area contributed by atoms with Gasteiger partial charge in [0.2, 0.25) is 0 Å². The van der Waals surface area contributed by atoms with Crippen molar-refractivity contribution in [3.63, 3.8) is 0 Å². The fourth-order valence-corrected chi connectivity index (χ4v) is 4.67. The van der Waals surface area contributed by atoms with E-state index in [1.54, 1.807) is 12.4 Å². The Balaban J connectivity index is 2.09. The maximum Gasteiger partial charge on any atom is 0.0767 e. The van der Waals surface area contributed by atoms with Crippen molar-refractivity contribution in [2.45, 2.75) is 18.2 Å². The molecule has 2 rings (SSSR count).